The number of amides is 1. The van der Waals surface area contributed by atoms with Gasteiger partial charge in [-0.3, -0.25) is 4.79 Å². The zero-order valence-electron chi connectivity index (χ0n) is 13.8. The van der Waals surface area contributed by atoms with E-state index in [0.29, 0.717) is 19.7 Å². The molecule has 0 bridgehead atoms. The minimum atomic E-state index is -4.50. The molecule has 0 aliphatic carbocycles. The predicted molar refractivity (Wildman–Crippen MR) is 86.8 cm³/mol. The first-order valence-corrected chi connectivity index (χ1v) is 8.04. The van der Waals surface area contributed by atoms with Gasteiger partial charge in [0.15, 0.2) is 6.61 Å². The van der Waals surface area contributed by atoms with Gasteiger partial charge in [-0.05, 0) is 17.7 Å². The highest BCUT2D eigenvalue weighted by molar-refractivity contribution is 5.96. The second-order valence-corrected chi connectivity index (χ2v) is 5.78. The number of hydrogen-bond donors (Lipinski definition) is 0. The Labute approximate surface area is 148 Å². The molecule has 0 spiro atoms. The molecule has 1 unspecified atom stereocenters. The fourth-order valence-electron chi connectivity index (χ4n) is 2.69. The van der Waals surface area contributed by atoms with Gasteiger partial charge in [0.05, 0.1) is 13.2 Å². The van der Waals surface area contributed by atoms with Crippen LogP contribution in [0.15, 0.2) is 48.7 Å². The number of hydrogen-bond acceptors (Lipinski definition) is 4. The van der Waals surface area contributed by atoms with E-state index >= 15 is 0 Å². The van der Waals surface area contributed by atoms with E-state index < -0.39 is 18.7 Å². The van der Waals surface area contributed by atoms with Gasteiger partial charge in [0.2, 0.25) is 5.88 Å². The molecule has 0 N–H and O–H groups in total. The van der Waals surface area contributed by atoms with Crippen LogP contribution >= 0.6 is 0 Å². The summed E-state index contributed by atoms with van der Waals surface area (Å²) in [7, 11) is 0. The smallest absolute Gasteiger partial charge is 0.422 e. The van der Waals surface area contributed by atoms with Gasteiger partial charge in [-0.1, -0.05) is 30.3 Å². The molecular formula is C18H17F3N2O3. The third-order valence-electron chi connectivity index (χ3n) is 3.90. The van der Waals surface area contributed by atoms with Gasteiger partial charge in [0.25, 0.3) is 5.91 Å². The number of nitrogens with zero attached hydrogens (tertiary/aromatic N) is 2. The fraction of sp³-hybridized carbons (Fsp3) is 0.333. The molecule has 3 rings (SSSR count). The van der Waals surface area contributed by atoms with Crippen molar-refractivity contribution < 1.29 is 27.4 Å². The highest BCUT2D eigenvalue weighted by Crippen LogP contribution is 2.25. The Morgan fingerprint density at radius 2 is 2.00 bits per heavy atom. The van der Waals surface area contributed by atoms with Crippen molar-refractivity contribution in [1.82, 2.24) is 9.88 Å². The maximum atomic E-state index is 12.8. The van der Waals surface area contributed by atoms with Crippen LogP contribution < -0.4 is 4.74 Å². The zero-order chi connectivity index (χ0) is 18.6. The van der Waals surface area contributed by atoms with Crippen LogP contribution in [0.1, 0.15) is 22.0 Å². The lowest BCUT2D eigenvalue weighted by atomic mass is 10.1. The van der Waals surface area contributed by atoms with Gasteiger partial charge in [0, 0.05) is 12.7 Å². The van der Waals surface area contributed by atoms with Crippen molar-refractivity contribution in [1.29, 1.82) is 0 Å². The van der Waals surface area contributed by atoms with Crippen LogP contribution in [0.3, 0.4) is 0 Å². The predicted octanol–water partition coefficient (Wildman–Crippen LogP) is 3.24. The molecule has 8 heteroatoms. The van der Waals surface area contributed by atoms with Gasteiger partial charge in [-0.15, -0.1) is 0 Å². The Hall–Kier alpha value is -2.61. The number of carbonyl (C=O) groups is 1. The van der Waals surface area contributed by atoms with E-state index in [-0.39, 0.29) is 17.5 Å². The summed E-state index contributed by atoms with van der Waals surface area (Å²) in [4.78, 5) is 18.1. The summed E-state index contributed by atoms with van der Waals surface area (Å²) in [5, 5.41) is 0. The van der Waals surface area contributed by atoms with E-state index in [2.05, 4.69) is 4.98 Å². The fourth-order valence-corrected chi connectivity index (χ4v) is 2.69. The molecule has 2 aromatic rings. The Morgan fingerprint density at radius 1 is 1.23 bits per heavy atom. The number of carbonyl (C=O) groups excluding carboxylic acids is 1. The largest absolute Gasteiger partial charge is 0.467 e. The third kappa shape index (κ3) is 4.51. The molecular weight excluding hydrogens is 349 g/mol. The monoisotopic (exact) mass is 366 g/mol. The van der Waals surface area contributed by atoms with Crippen molar-refractivity contribution in [2.45, 2.75) is 12.3 Å². The number of halogens is 3. The Morgan fingerprint density at radius 3 is 2.73 bits per heavy atom. The van der Waals surface area contributed by atoms with E-state index in [1.807, 2.05) is 30.3 Å². The van der Waals surface area contributed by atoms with Crippen molar-refractivity contribution in [2.24, 2.45) is 0 Å². The number of aromatic nitrogens is 1. The van der Waals surface area contributed by atoms with Crippen LogP contribution in [-0.4, -0.2) is 48.3 Å². The van der Waals surface area contributed by atoms with E-state index in [4.69, 9.17) is 9.47 Å². The molecule has 1 atom stereocenters. The van der Waals surface area contributed by atoms with Crippen LogP contribution in [0.25, 0.3) is 0 Å². The normalized spacial score (nSPS) is 17.8. The van der Waals surface area contributed by atoms with E-state index in [1.165, 1.54) is 18.3 Å². The number of ether oxygens (including phenoxy) is 2. The average Bonchev–Trinajstić information content (AvgIpc) is 2.66. The molecule has 0 saturated carbocycles. The topological polar surface area (TPSA) is 51.7 Å². The number of morpholine rings is 1. The minimum absolute atomic E-state index is 0.00506. The highest BCUT2D eigenvalue weighted by atomic mass is 19.4. The molecule has 2 heterocycles. The van der Waals surface area contributed by atoms with Crippen LogP contribution in [0, 0.1) is 0 Å². The van der Waals surface area contributed by atoms with Gasteiger partial charge in [-0.25, -0.2) is 4.98 Å². The number of alkyl halides is 3. The van der Waals surface area contributed by atoms with E-state index in [9.17, 15) is 18.0 Å². The summed E-state index contributed by atoms with van der Waals surface area (Å²) < 4.78 is 47.6. The molecule has 138 valence electrons. The summed E-state index contributed by atoms with van der Waals surface area (Å²) in [6.45, 7) is -0.517. The lowest BCUT2D eigenvalue weighted by Crippen LogP contribution is -2.42. The van der Waals surface area contributed by atoms with Crippen molar-refractivity contribution >= 4 is 5.91 Å². The first-order chi connectivity index (χ1) is 12.4. The third-order valence-corrected chi connectivity index (χ3v) is 3.90. The summed E-state index contributed by atoms with van der Waals surface area (Å²) in [6.07, 6.45) is -3.51. The second kappa shape index (κ2) is 7.74. The van der Waals surface area contributed by atoms with Gasteiger partial charge in [-0.2, -0.15) is 13.2 Å². The van der Waals surface area contributed by atoms with Crippen molar-refractivity contribution in [2.75, 3.05) is 26.3 Å². The first-order valence-electron chi connectivity index (χ1n) is 8.04. The lowest BCUT2D eigenvalue weighted by Gasteiger charge is -2.33. The van der Waals surface area contributed by atoms with Crippen LogP contribution in [-0.2, 0) is 4.74 Å². The van der Waals surface area contributed by atoms with Gasteiger partial charge < -0.3 is 14.4 Å². The molecule has 1 aromatic heterocycles. The Bertz CT molecular complexity index is 753. The van der Waals surface area contributed by atoms with E-state index in [1.54, 1.807) is 4.90 Å². The molecule has 26 heavy (non-hydrogen) atoms. The maximum absolute atomic E-state index is 12.8. The molecule has 1 saturated heterocycles. The number of pyridine rings is 1. The zero-order valence-corrected chi connectivity index (χ0v) is 13.8. The Balaban J connectivity index is 1.74. The lowest BCUT2D eigenvalue weighted by molar-refractivity contribution is -0.154. The first kappa shape index (κ1) is 18.2. The average molecular weight is 366 g/mol. The van der Waals surface area contributed by atoms with Gasteiger partial charge >= 0.3 is 6.18 Å². The summed E-state index contributed by atoms with van der Waals surface area (Å²) in [5.41, 5.74) is 0.940. The molecule has 1 aliphatic rings. The number of rotatable bonds is 4. The minimum Gasteiger partial charge on any atom is -0.467 e. The van der Waals surface area contributed by atoms with Crippen LogP contribution in [0.4, 0.5) is 13.2 Å². The second-order valence-electron chi connectivity index (χ2n) is 5.78. The number of benzene rings is 1. The van der Waals surface area contributed by atoms with Crippen molar-refractivity contribution in [3.8, 4) is 5.88 Å². The maximum Gasteiger partial charge on any atom is 0.422 e. The molecule has 1 aliphatic heterocycles. The van der Waals surface area contributed by atoms with E-state index in [0.717, 1.165) is 5.56 Å². The molecule has 1 aromatic carbocycles. The summed E-state index contributed by atoms with van der Waals surface area (Å²) >= 11 is 0. The Kier molecular flexibility index (Phi) is 5.41. The SMILES string of the molecule is O=C(c1cccnc1OCC(F)(F)F)N1CCOC(c2ccccc2)C1. The van der Waals surface area contributed by atoms with Crippen LogP contribution in [0.5, 0.6) is 5.88 Å². The molecule has 1 amide bonds. The van der Waals surface area contributed by atoms with Crippen molar-refractivity contribution in [3.05, 3.63) is 59.8 Å². The summed E-state index contributed by atoms with van der Waals surface area (Å²) in [5.74, 6) is -0.753. The molecule has 5 nitrogen and oxygen atoms in total. The standard InChI is InChI=1S/C18H17F3N2O3/c19-18(20,21)12-26-16-14(7-4-8-22-16)17(24)23-9-10-25-15(11-23)13-5-2-1-3-6-13/h1-8,15H,9-12H2. The summed E-state index contributed by atoms with van der Waals surface area (Å²) in [6, 6.07) is 12.3. The van der Waals surface area contributed by atoms with Crippen molar-refractivity contribution in [3.63, 3.8) is 0 Å². The van der Waals surface area contributed by atoms with Gasteiger partial charge in [0.1, 0.15) is 11.7 Å². The molecule has 0 radical (unpaired) electrons. The molecule has 1 fully saturated rings. The quantitative estimate of drug-likeness (QED) is 0.834. The highest BCUT2D eigenvalue weighted by Gasteiger charge is 2.31. The van der Waals surface area contributed by atoms with Crippen LogP contribution in [0.2, 0.25) is 0 Å².